The molecule has 0 unspecified atom stereocenters. The summed E-state index contributed by atoms with van der Waals surface area (Å²) >= 11 is 5.81. The molecule has 0 saturated carbocycles. The fraction of sp³-hybridized carbons (Fsp3) is 0.533. The van der Waals surface area contributed by atoms with Crippen molar-refractivity contribution in [3.05, 3.63) is 23.0 Å². The number of imidazole rings is 1. The summed E-state index contributed by atoms with van der Waals surface area (Å²) in [7, 11) is 2.14. The van der Waals surface area contributed by atoms with Gasteiger partial charge in [-0.05, 0) is 44.5 Å². The lowest BCUT2D eigenvalue weighted by atomic mass is 9.80. The smallest absolute Gasteiger partial charge is 0.201 e. The highest BCUT2D eigenvalue weighted by Crippen LogP contribution is 2.35. The Morgan fingerprint density at radius 2 is 2.05 bits per heavy atom. The first-order valence-electron chi connectivity index (χ1n) is 7.17. The molecule has 1 saturated heterocycles. The van der Waals surface area contributed by atoms with Crippen LogP contribution in [-0.4, -0.2) is 34.6 Å². The number of fused-ring (bicyclic) bond motifs is 1. The molecule has 1 aliphatic rings. The van der Waals surface area contributed by atoms with Crippen LogP contribution >= 0.6 is 11.6 Å². The Hall–Kier alpha value is -1.33. The molecule has 1 aromatic heterocycles. The number of nitrogens with zero attached hydrogens (tertiary/aromatic N) is 3. The Kier molecular flexibility index (Phi) is 3.58. The van der Waals surface area contributed by atoms with Crippen molar-refractivity contribution in [3.8, 4) is 0 Å². The van der Waals surface area contributed by atoms with E-state index in [0.29, 0.717) is 11.5 Å². The summed E-state index contributed by atoms with van der Waals surface area (Å²) in [5.74, 6) is -0.00864. The molecule has 0 spiro atoms. The van der Waals surface area contributed by atoms with E-state index in [1.807, 2.05) is 4.57 Å². The second-order valence-corrected chi connectivity index (χ2v) is 6.83. The maximum Gasteiger partial charge on any atom is 0.201 e. The summed E-state index contributed by atoms with van der Waals surface area (Å²) in [6.07, 6.45) is 2.19. The number of halogens is 2. The van der Waals surface area contributed by atoms with Gasteiger partial charge in [-0.3, -0.25) is 0 Å². The first-order valence-corrected chi connectivity index (χ1v) is 7.55. The molecular formula is C15H20ClFN4. The number of anilines is 1. The zero-order valence-electron chi connectivity index (χ0n) is 12.4. The van der Waals surface area contributed by atoms with E-state index in [1.54, 1.807) is 0 Å². The van der Waals surface area contributed by atoms with E-state index in [2.05, 4.69) is 23.9 Å². The largest absolute Gasteiger partial charge is 0.369 e. The van der Waals surface area contributed by atoms with Crippen molar-refractivity contribution < 1.29 is 4.39 Å². The summed E-state index contributed by atoms with van der Waals surface area (Å²) < 4.78 is 15.7. The van der Waals surface area contributed by atoms with Gasteiger partial charge in [0.25, 0.3) is 0 Å². The van der Waals surface area contributed by atoms with Gasteiger partial charge in [-0.1, -0.05) is 18.5 Å². The van der Waals surface area contributed by atoms with Gasteiger partial charge >= 0.3 is 0 Å². The van der Waals surface area contributed by atoms with Gasteiger partial charge in [0.05, 0.1) is 16.1 Å². The van der Waals surface area contributed by atoms with Gasteiger partial charge in [0.15, 0.2) is 0 Å². The Morgan fingerprint density at radius 3 is 2.71 bits per heavy atom. The quantitative estimate of drug-likeness (QED) is 0.927. The predicted molar refractivity (Wildman–Crippen MR) is 84.0 cm³/mol. The minimum absolute atomic E-state index is 0.0812. The van der Waals surface area contributed by atoms with Crippen LogP contribution in [0.3, 0.4) is 0 Å². The number of hydrogen-bond donors (Lipinski definition) is 1. The molecule has 0 atom stereocenters. The molecule has 0 aliphatic carbocycles. The summed E-state index contributed by atoms with van der Waals surface area (Å²) in [4.78, 5) is 6.64. The summed E-state index contributed by atoms with van der Waals surface area (Å²) in [6, 6.07) is 2.97. The first kappa shape index (κ1) is 14.6. The number of nitrogens with two attached hydrogens (primary N) is 1. The van der Waals surface area contributed by atoms with Gasteiger partial charge in [-0.2, -0.15) is 0 Å². The lowest BCUT2D eigenvalue weighted by Gasteiger charge is -2.38. The first-order chi connectivity index (χ1) is 9.88. The van der Waals surface area contributed by atoms with Crippen LogP contribution in [0.2, 0.25) is 5.02 Å². The SMILES string of the molecule is CN1CCC(C)(Cn2c(N)nc3cc(Cl)c(F)cc32)CC1. The van der Waals surface area contributed by atoms with E-state index in [4.69, 9.17) is 17.3 Å². The van der Waals surface area contributed by atoms with Crippen molar-refractivity contribution in [3.63, 3.8) is 0 Å². The van der Waals surface area contributed by atoms with E-state index in [0.717, 1.165) is 38.0 Å². The van der Waals surface area contributed by atoms with Crippen LogP contribution in [0, 0.1) is 11.2 Å². The second-order valence-electron chi connectivity index (χ2n) is 6.43. The van der Waals surface area contributed by atoms with E-state index in [1.165, 1.54) is 12.1 Å². The van der Waals surface area contributed by atoms with Crippen molar-refractivity contribution in [1.29, 1.82) is 0 Å². The molecule has 1 aliphatic heterocycles. The third-order valence-electron chi connectivity index (χ3n) is 4.55. The topological polar surface area (TPSA) is 47.1 Å². The number of benzene rings is 1. The van der Waals surface area contributed by atoms with Gasteiger partial charge in [-0.15, -0.1) is 0 Å². The van der Waals surface area contributed by atoms with Crippen molar-refractivity contribution in [2.24, 2.45) is 5.41 Å². The number of hydrogen-bond acceptors (Lipinski definition) is 3. The van der Waals surface area contributed by atoms with Crippen LogP contribution < -0.4 is 5.73 Å². The van der Waals surface area contributed by atoms with E-state index in [-0.39, 0.29) is 10.4 Å². The minimum atomic E-state index is -0.432. The molecule has 0 amide bonds. The van der Waals surface area contributed by atoms with Crippen LogP contribution in [0.25, 0.3) is 11.0 Å². The number of nitrogen functional groups attached to an aromatic ring is 1. The molecule has 4 nitrogen and oxygen atoms in total. The number of rotatable bonds is 2. The maximum absolute atomic E-state index is 13.7. The molecule has 2 heterocycles. The van der Waals surface area contributed by atoms with E-state index in [9.17, 15) is 4.39 Å². The van der Waals surface area contributed by atoms with Gasteiger partial charge < -0.3 is 15.2 Å². The molecule has 0 bridgehead atoms. The lowest BCUT2D eigenvalue weighted by molar-refractivity contribution is 0.122. The van der Waals surface area contributed by atoms with Crippen LogP contribution in [0.4, 0.5) is 10.3 Å². The Labute approximate surface area is 128 Å². The van der Waals surface area contributed by atoms with E-state index >= 15 is 0 Å². The standard InChI is InChI=1S/C15H20ClFN4/c1-15(3-5-20(2)6-4-15)9-21-13-8-11(17)10(16)7-12(13)19-14(21)18/h7-8H,3-6,9H2,1-2H3,(H2,18,19). The highest BCUT2D eigenvalue weighted by Gasteiger charge is 2.30. The van der Waals surface area contributed by atoms with Crippen molar-refractivity contribution in [1.82, 2.24) is 14.5 Å². The average molecular weight is 311 g/mol. The average Bonchev–Trinajstić information content (AvgIpc) is 2.71. The lowest BCUT2D eigenvalue weighted by Crippen LogP contribution is -2.38. The van der Waals surface area contributed by atoms with Crippen LogP contribution in [0.1, 0.15) is 19.8 Å². The van der Waals surface area contributed by atoms with E-state index < -0.39 is 5.82 Å². The third-order valence-corrected chi connectivity index (χ3v) is 4.84. The fourth-order valence-electron chi connectivity index (χ4n) is 3.00. The van der Waals surface area contributed by atoms with Crippen molar-refractivity contribution in [2.45, 2.75) is 26.3 Å². The predicted octanol–water partition coefficient (Wildman–Crippen LogP) is 3.14. The van der Waals surface area contributed by atoms with Crippen molar-refractivity contribution in [2.75, 3.05) is 25.9 Å². The molecule has 6 heteroatoms. The molecule has 21 heavy (non-hydrogen) atoms. The molecular weight excluding hydrogens is 291 g/mol. The van der Waals surface area contributed by atoms with Gasteiger partial charge in [0.2, 0.25) is 5.95 Å². The maximum atomic E-state index is 13.7. The highest BCUT2D eigenvalue weighted by atomic mass is 35.5. The third kappa shape index (κ3) is 2.72. The van der Waals surface area contributed by atoms with Gasteiger partial charge in [0, 0.05) is 12.6 Å². The monoisotopic (exact) mass is 310 g/mol. The Balaban J connectivity index is 1.97. The fourth-order valence-corrected chi connectivity index (χ4v) is 3.16. The Morgan fingerprint density at radius 1 is 1.38 bits per heavy atom. The second kappa shape index (κ2) is 5.14. The molecule has 1 aromatic carbocycles. The van der Waals surface area contributed by atoms with Gasteiger partial charge in [-0.25, -0.2) is 9.37 Å². The summed E-state index contributed by atoms with van der Waals surface area (Å²) in [6.45, 7) is 5.16. The normalized spacial score (nSPS) is 19.2. The molecule has 1 fully saturated rings. The Bertz CT molecular complexity index is 674. The van der Waals surface area contributed by atoms with Crippen LogP contribution in [0.5, 0.6) is 0 Å². The molecule has 2 aromatic rings. The summed E-state index contributed by atoms with van der Waals surface area (Å²) in [5, 5.41) is 0.0812. The molecule has 0 radical (unpaired) electrons. The molecule has 2 N–H and O–H groups in total. The number of likely N-dealkylation sites (tertiary alicyclic amines) is 1. The highest BCUT2D eigenvalue weighted by molar-refractivity contribution is 6.31. The zero-order valence-corrected chi connectivity index (χ0v) is 13.1. The van der Waals surface area contributed by atoms with Crippen LogP contribution in [-0.2, 0) is 6.54 Å². The van der Waals surface area contributed by atoms with Crippen LogP contribution in [0.15, 0.2) is 12.1 Å². The van der Waals surface area contributed by atoms with Crippen molar-refractivity contribution >= 4 is 28.6 Å². The molecule has 114 valence electrons. The zero-order chi connectivity index (χ0) is 15.2. The van der Waals surface area contributed by atoms with Gasteiger partial charge in [0.1, 0.15) is 5.82 Å². The number of piperidine rings is 1. The summed E-state index contributed by atoms with van der Waals surface area (Å²) in [5.41, 5.74) is 7.56. The molecule has 3 rings (SSSR count). The minimum Gasteiger partial charge on any atom is -0.369 e. The number of aromatic nitrogens is 2.